The number of rotatable bonds is 3. The Hall–Kier alpha value is -1.57. The van der Waals surface area contributed by atoms with Crippen molar-refractivity contribution >= 4 is 28.5 Å². The van der Waals surface area contributed by atoms with Crippen molar-refractivity contribution in [3.05, 3.63) is 11.5 Å². The Morgan fingerprint density at radius 1 is 1.37 bits per heavy atom. The van der Waals surface area contributed by atoms with Gasteiger partial charge in [-0.2, -0.15) is 28.2 Å². The molecule has 1 aliphatic carbocycles. The lowest BCUT2D eigenvalue weighted by atomic mass is 10.3. The van der Waals surface area contributed by atoms with Gasteiger partial charge in [0, 0.05) is 6.04 Å². The average Bonchev–Trinajstić information content (AvgIpc) is 3.03. The van der Waals surface area contributed by atoms with Crippen molar-refractivity contribution in [3.63, 3.8) is 0 Å². The van der Waals surface area contributed by atoms with Crippen LogP contribution in [-0.2, 0) is 0 Å². The van der Waals surface area contributed by atoms with E-state index in [0.29, 0.717) is 11.0 Å². The summed E-state index contributed by atoms with van der Waals surface area (Å²) < 4.78 is 38.0. The molecule has 3 rings (SSSR count). The summed E-state index contributed by atoms with van der Waals surface area (Å²) in [6.07, 6.45) is -1.45. The summed E-state index contributed by atoms with van der Waals surface area (Å²) in [5.74, 6) is 0.184. The van der Waals surface area contributed by atoms with E-state index in [1.807, 2.05) is 0 Å². The summed E-state index contributed by atoms with van der Waals surface area (Å²) in [4.78, 5) is 9.05. The number of hydrogen-bond acceptors (Lipinski definition) is 4. The minimum absolute atomic E-state index is 0.0976. The first-order chi connectivity index (χ1) is 8.94. The second-order valence-corrected chi connectivity index (χ2v) is 4.76. The van der Waals surface area contributed by atoms with Gasteiger partial charge in [0.1, 0.15) is 12.4 Å². The van der Waals surface area contributed by atoms with Gasteiger partial charge in [-0.15, -0.1) is 0 Å². The normalized spacial score (nSPS) is 16.0. The summed E-state index contributed by atoms with van der Waals surface area (Å²) >= 11 is 5.74. The highest BCUT2D eigenvalue weighted by molar-refractivity contribution is 6.28. The molecule has 1 N–H and O–H groups in total. The second kappa shape index (κ2) is 4.22. The first kappa shape index (κ1) is 12.5. The number of nitrogens with zero attached hydrogens (tertiary/aromatic N) is 4. The molecule has 0 unspecified atom stereocenters. The largest absolute Gasteiger partial charge is 0.405 e. The van der Waals surface area contributed by atoms with E-state index in [1.165, 1.54) is 11.1 Å². The summed E-state index contributed by atoms with van der Waals surface area (Å²) in [5.41, 5.74) is 0.336. The first-order valence-electron chi connectivity index (χ1n) is 5.64. The van der Waals surface area contributed by atoms with Gasteiger partial charge in [-0.25, -0.2) is 0 Å². The Kier molecular flexibility index (Phi) is 2.77. The van der Waals surface area contributed by atoms with E-state index in [0.717, 1.165) is 12.8 Å². The third kappa shape index (κ3) is 2.58. The number of H-pyrrole nitrogens is 1. The number of aromatic nitrogens is 4. The molecule has 0 amide bonds. The SMILES string of the molecule is FC(F)(F)CN(c1nc(Cl)nc2[nH]ncc12)C1CC1. The van der Waals surface area contributed by atoms with Crippen molar-refractivity contribution in [1.82, 2.24) is 20.2 Å². The fourth-order valence-electron chi connectivity index (χ4n) is 1.97. The molecule has 2 heterocycles. The first-order valence-corrected chi connectivity index (χ1v) is 6.02. The fraction of sp³-hybridized carbons (Fsp3) is 0.500. The second-order valence-electron chi connectivity index (χ2n) is 4.42. The van der Waals surface area contributed by atoms with Crippen LogP contribution in [0.1, 0.15) is 12.8 Å². The Labute approximate surface area is 110 Å². The zero-order valence-electron chi connectivity index (χ0n) is 9.58. The van der Waals surface area contributed by atoms with Crippen LogP contribution >= 0.6 is 11.6 Å². The van der Waals surface area contributed by atoms with Crippen molar-refractivity contribution in [3.8, 4) is 0 Å². The van der Waals surface area contributed by atoms with Crippen molar-refractivity contribution in [1.29, 1.82) is 0 Å². The molecule has 1 saturated carbocycles. The van der Waals surface area contributed by atoms with E-state index >= 15 is 0 Å². The number of nitrogens with one attached hydrogen (secondary N) is 1. The van der Waals surface area contributed by atoms with Crippen LogP contribution in [0.15, 0.2) is 6.20 Å². The average molecular weight is 292 g/mol. The van der Waals surface area contributed by atoms with Crippen LogP contribution in [0.4, 0.5) is 19.0 Å². The van der Waals surface area contributed by atoms with Crippen LogP contribution in [-0.4, -0.2) is 38.9 Å². The maximum absolute atomic E-state index is 12.7. The zero-order chi connectivity index (χ0) is 13.6. The van der Waals surface area contributed by atoms with Gasteiger partial charge < -0.3 is 4.90 Å². The Balaban J connectivity index is 2.06. The molecular weight excluding hydrogens is 283 g/mol. The lowest BCUT2D eigenvalue weighted by Gasteiger charge is -2.25. The van der Waals surface area contributed by atoms with Gasteiger partial charge in [0.2, 0.25) is 5.28 Å². The van der Waals surface area contributed by atoms with Gasteiger partial charge in [0.05, 0.1) is 11.6 Å². The molecule has 102 valence electrons. The Bertz CT molecular complexity index is 607. The molecule has 19 heavy (non-hydrogen) atoms. The molecule has 0 bridgehead atoms. The van der Waals surface area contributed by atoms with Gasteiger partial charge in [0.15, 0.2) is 5.65 Å². The summed E-state index contributed by atoms with van der Waals surface area (Å²) in [6, 6.07) is -0.148. The highest BCUT2D eigenvalue weighted by Gasteiger charge is 2.39. The molecular formula is C10H9ClF3N5. The maximum Gasteiger partial charge on any atom is 0.405 e. The molecule has 0 spiro atoms. The minimum Gasteiger partial charge on any atom is -0.344 e. The van der Waals surface area contributed by atoms with Crippen molar-refractivity contribution in [2.75, 3.05) is 11.4 Å². The van der Waals surface area contributed by atoms with Crippen molar-refractivity contribution < 1.29 is 13.2 Å². The van der Waals surface area contributed by atoms with E-state index in [9.17, 15) is 13.2 Å². The predicted molar refractivity (Wildman–Crippen MR) is 63.1 cm³/mol. The van der Waals surface area contributed by atoms with Crippen molar-refractivity contribution in [2.45, 2.75) is 25.1 Å². The molecule has 0 atom stereocenters. The van der Waals surface area contributed by atoms with E-state index in [2.05, 4.69) is 20.2 Å². The summed E-state index contributed by atoms with van der Waals surface area (Å²) in [6.45, 7) is -1.05. The highest BCUT2D eigenvalue weighted by atomic mass is 35.5. The fourth-order valence-corrected chi connectivity index (χ4v) is 2.13. The third-order valence-electron chi connectivity index (χ3n) is 2.87. The topological polar surface area (TPSA) is 57.7 Å². The number of hydrogen-bond donors (Lipinski definition) is 1. The molecule has 2 aromatic rings. The summed E-state index contributed by atoms with van der Waals surface area (Å²) in [5, 5.41) is 6.70. The number of fused-ring (bicyclic) bond motifs is 1. The third-order valence-corrected chi connectivity index (χ3v) is 3.04. The molecule has 1 fully saturated rings. The summed E-state index contributed by atoms with van der Waals surface area (Å²) in [7, 11) is 0. The molecule has 0 aromatic carbocycles. The van der Waals surface area contributed by atoms with E-state index in [-0.39, 0.29) is 17.1 Å². The minimum atomic E-state index is -4.30. The molecule has 5 nitrogen and oxygen atoms in total. The number of halogens is 4. The van der Waals surface area contributed by atoms with Crippen LogP contribution in [0.3, 0.4) is 0 Å². The monoisotopic (exact) mass is 291 g/mol. The van der Waals surface area contributed by atoms with Crippen LogP contribution in [0.2, 0.25) is 5.28 Å². The van der Waals surface area contributed by atoms with Gasteiger partial charge in [-0.1, -0.05) is 0 Å². The van der Waals surface area contributed by atoms with E-state index in [4.69, 9.17) is 11.6 Å². The van der Waals surface area contributed by atoms with Gasteiger partial charge in [-0.3, -0.25) is 5.10 Å². The smallest absolute Gasteiger partial charge is 0.344 e. The molecule has 2 aromatic heterocycles. The Morgan fingerprint density at radius 2 is 2.11 bits per heavy atom. The van der Waals surface area contributed by atoms with E-state index < -0.39 is 12.7 Å². The molecule has 0 saturated heterocycles. The number of alkyl halides is 3. The lowest BCUT2D eigenvalue weighted by molar-refractivity contribution is -0.120. The van der Waals surface area contributed by atoms with Crippen LogP contribution in [0.5, 0.6) is 0 Å². The molecule has 0 radical (unpaired) electrons. The lowest BCUT2D eigenvalue weighted by Crippen LogP contribution is -2.36. The molecule has 1 aliphatic rings. The molecule has 0 aliphatic heterocycles. The van der Waals surface area contributed by atoms with E-state index in [1.54, 1.807) is 0 Å². The predicted octanol–water partition coefficient (Wildman–Crippen LogP) is 2.54. The molecule has 9 heteroatoms. The van der Waals surface area contributed by atoms with Crippen LogP contribution in [0, 0.1) is 0 Å². The van der Waals surface area contributed by atoms with Crippen LogP contribution < -0.4 is 4.90 Å². The maximum atomic E-state index is 12.7. The Morgan fingerprint density at radius 3 is 2.74 bits per heavy atom. The van der Waals surface area contributed by atoms with Gasteiger partial charge in [0.25, 0.3) is 0 Å². The standard InChI is InChI=1S/C10H9ClF3N5/c11-9-16-7-6(3-15-18-7)8(17-9)19(5-1-2-5)4-10(12,13)14/h3,5H,1-2,4H2,(H,15,16,17,18). The van der Waals surface area contributed by atoms with Crippen LogP contribution in [0.25, 0.3) is 11.0 Å². The van der Waals surface area contributed by atoms with Gasteiger partial charge in [-0.05, 0) is 24.4 Å². The quantitative estimate of drug-likeness (QED) is 0.883. The number of aromatic amines is 1. The number of anilines is 1. The van der Waals surface area contributed by atoms with Gasteiger partial charge >= 0.3 is 6.18 Å². The zero-order valence-corrected chi connectivity index (χ0v) is 10.3. The highest BCUT2D eigenvalue weighted by Crippen LogP contribution is 2.36. The van der Waals surface area contributed by atoms with Crippen molar-refractivity contribution in [2.24, 2.45) is 0 Å².